The molecule has 0 aliphatic carbocycles. The topological polar surface area (TPSA) is 196 Å². The lowest BCUT2D eigenvalue weighted by Gasteiger charge is -2.37. The van der Waals surface area contributed by atoms with Crippen LogP contribution in [0.4, 0.5) is 19.0 Å². The highest BCUT2D eigenvalue weighted by Gasteiger charge is 2.39. The Morgan fingerprint density at radius 1 is 1.02 bits per heavy atom. The summed E-state index contributed by atoms with van der Waals surface area (Å²) in [5, 5.41) is 34.1. The van der Waals surface area contributed by atoms with E-state index in [1.54, 1.807) is 12.1 Å². The van der Waals surface area contributed by atoms with Gasteiger partial charge in [-0.1, -0.05) is 6.07 Å². The highest BCUT2D eigenvalue weighted by molar-refractivity contribution is 14.1. The number of benzene rings is 2. The summed E-state index contributed by atoms with van der Waals surface area (Å²) in [6, 6.07) is 15.1. The van der Waals surface area contributed by atoms with Gasteiger partial charge < -0.3 is 45.5 Å². The van der Waals surface area contributed by atoms with Crippen molar-refractivity contribution in [1.82, 2.24) is 25.5 Å². The SMILES string of the molecule is NCCc1ccc(Oc2ccc(OCCCNC(=O)c3ccc(OC[C@H]4OC[C@H](Nc5cncc(C(F)(F)F)n5)[C@@H](O)[C@H]4O)nn3)cc2)c(I)c1. The van der Waals surface area contributed by atoms with Crippen LogP contribution in [0.3, 0.4) is 0 Å². The van der Waals surface area contributed by atoms with Gasteiger partial charge in [0.05, 0.1) is 35.2 Å². The second-order valence-electron chi connectivity index (χ2n) is 11.3. The van der Waals surface area contributed by atoms with E-state index in [0.29, 0.717) is 43.8 Å². The molecule has 14 nitrogen and oxygen atoms in total. The van der Waals surface area contributed by atoms with Crippen LogP contribution >= 0.6 is 22.6 Å². The predicted octanol–water partition coefficient (Wildman–Crippen LogP) is 3.36. The molecule has 0 spiro atoms. The Morgan fingerprint density at radius 2 is 1.80 bits per heavy atom. The first kappa shape index (κ1) is 37.9. The van der Waals surface area contributed by atoms with Crippen LogP contribution in [0.25, 0.3) is 0 Å². The fourth-order valence-electron chi connectivity index (χ4n) is 4.84. The number of amides is 1. The molecule has 4 atom stereocenters. The minimum atomic E-state index is -4.69. The molecule has 5 rings (SSSR count). The summed E-state index contributed by atoms with van der Waals surface area (Å²) in [4.78, 5) is 19.4. The molecule has 272 valence electrons. The summed E-state index contributed by atoms with van der Waals surface area (Å²) in [7, 11) is 0. The molecule has 1 saturated heterocycles. The van der Waals surface area contributed by atoms with Crippen molar-refractivity contribution < 1.29 is 47.1 Å². The molecule has 2 aromatic carbocycles. The van der Waals surface area contributed by atoms with Crippen LogP contribution in [0.2, 0.25) is 0 Å². The second kappa shape index (κ2) is 17.7. The lowest BCUT2D eigenvalue weighted by atomic mass is 9.98. The van der Waals surface area contributed by atoms with Crippen LogP contribution in [0.5, 0.6) is 23.1 Å². The molecule has 1 aliphatic heterocycles. The van der Waals surface area contributed by atoms with E-state index in [-0.39, 0.29) is 30.6 Å². The number of nitrogens with zero attached hydrogens (tertiary/aromatic N) is 4. The van der Waals surface area contributed by atoms with E-state index in [2.05, 4.69) is 59.5 Å². The molecular weight excluding hydrogens is 790 g/mol. The summed E-state index contributed by atoms with van der Waals surface area (Å²) in [5.41, 5.74) is 5.64. The summed E-state index contributed by atoms with van der Waals surface area (Å²) >= 11 is 2.23. The number of aliphatic hydroxyl groups excluding tert-OH is 2. The third-order valence-corrected chi connectivity index (χ3v) is 8.36. The van der Waals surface area contributed by atoms with Gasteiger partial charge in [0.25, 0.3) is 5.91 Å². The number of nitrogens with one attached hydrogen (secondary N) is 2. The molecule has 3 heterocycles. The zero-order valence-corrected chi connectivity index (χ0v) is 29.1. The third-order valence-electron chi connectivity index (χ3n) is 7.52. The number of nitrogens with two attached hydrogens (primary N) is 1. The van der Waals surface area contributed by atoms with E-state index in [1.807, 2.05) is 24.3 Å². The van der Waals surface area contributed by atoms with Crippen molar-refractivity contribution in [3.05, 3.63) is 87.5 Å². The highest BCUT2D eigenvalue weighted by atomic mass is 127. The van der Waals surface area contributed by atoms with Gasteiger partial charge in [0, 0.05) is 12.6 Å². The number of halogens is 4. The minimum absolute atomic E-state index is 0.0382. The summed E-state index contributed by atoms with van der Waals surface area (Å²) in [5.74, 6) is 1.44. The maximum Gasteiger partial charge on any atom is 0.434 e. The van der Waals surface area contributed by atoms with E-state index in [0.717, 1.165) is 27.5 Å². The first-order valence-corrected chi connectivity index (χ1v) is 16.9. The number of ether oxygens (including phenoxy) is 4. The Bertz CT molecular complexity index is 1740. The van der Waals surface area contributed by atoms with Gasteiger partial charge in [-0.05, 0) is 90.0 Å². The van der Waals surface area contributed by atoms with Gasteiger partial charge in [-0.25, -0.2) is 4.98 Å². The molecule has 0 saturated carbocycles. The van der Waals surface area contributed by atoms with Crippen LogP contribution < -0.4 is 30.6 Å². The van der Waals surface area contributed by atoms with E-state index in [1.165, 1.54) is 12.1 Å². The molecule has 51 heavy (non-hydrogen) atoms. The molecule has 0 bridgehead atoms. The van der Waals surface area contributed by atoms with Gasteiger partial charge in [0.1, 0.15) is 48.0 Å². The monoisotopic (exact) mass is 825 g/mol. The normalized spacial score (nSPS) is 18.9. The predicted molar refractivity (Wildman–Crippen MR) is 185 cm³/mol. The second-order valence-corrected chi connectivity index (χ2v) is 12.5. The van der Waals surface area contributed by atoms with Gasteiger partial charge in [-0.3, -0.25) is 9.78 Å². The van der Waals surface area contributed by atoms with Crippen LogP contribution in [0, 0.1) is 3.57 Å². The van der Waals surface area contributed by atoms with Gasteiger partial charge in [-0.15, -0.1) is 10.2 Å². The number of hydrogen-bond acceptors (Lipinski definition) is 13. The fraction of sp³-hybridized carbons (Fsp3) is 0.364. The molecule has 6 N–H and O–H groups in total. The quantitative estimate of drug-likeness (QED) is 0.0866. The van der Waals surface area contributed by atoms with E-state index < -0.39 is 42.1 Å². The lowest BCUT2D eigenvalue weighted by molar-refractivity contribution is -0.150. The van der Waals surface area contributed by atoms with Crippen molar-refractivity contribution in [2.24, 2.45) is 5.73 Å². The van der Waals surface area contributed by atoms with Gasteiger partial charge in [-0.2, -0.15) is 13.2 Å². The number of hydrogen-bond donors (Lipinski definition) is 5. The lowest BCUT2D eigenvalue weighted by Crippen LogP contribution is -2.57. The maximum absolute atomic E-state index is 12.9. The standard InChI is InChI=1S/C33H35F3IN7O7/c34-33(35,36)27-15-39-16-28(42-27)41-24-17-49-26(31(46)30(24)45)18-50-29-9-7-23(43-44-29)32(47)40-12-1-13-48-20-3-5-21(6-4-20)51-25-8-2-19(10-11-38)14-22(25)37/h2-9,14-16,24,26,30-31,45-46H,1,10-13,17-18,38H2,(H,40,47)(H,41,42)/t24-,26+,30+,31-/m0/s1. The Balaban J connectivity index is 0.986. The molecule has 4 aromatic rings. The molecule has 1 amide bonds. The number of carbonyl (C=O) groups is 1. The van der Waals surface area contributed by atoms with Gasteiger partial charge in [0.2, 0.25) is 5.88 Å². The first-order valence-electron chi connectivity index (χ1n) is 15.8. The zero-order valence-electron chi connectivity index (χ0n) is 26.9. The molecular formula is C33H35F3IN7O7. The molecule has 0 radical (unpaired) electrons. The number of carbonyl (C=O) groups excluding carboxylic acids is 1. The zero-order chi connectivity index (χ0) is 36.4. The number of anilines is 1. The molecule has 2 aromatic heterocycles. The van der Waals surface area contributed by atoms with Crippen molar-refractivity contribution in [2.75, 3.05) is 38.2 Å². The van der Waals surface area contributed by atoms with Crippen molar-refractivity contribution >= 4 is 34.3 Å². The van der Waals surface area contributed by atoms with Crippen molar-refractivity contribution in [2.45, 2.75) is 43.4 Å². The Hall–Kier alpha value is -4.37. The molecule has 1 fully saturated rings. The van der Waals surface area contributed by atoms with Gasteiger partial charge >= 0.3 is 6.18 Å². The van der Waals surface area contributed by atoms with E-state index in [4.69, 9.17) is 24.7 Å². The molecule has 18 heteroatoms. The Labute approximate surface area is 304 Å². The molecule has 1 aliphatic rings. The van der Waals surface area contributed by atoms with Crippen molar-refractivity contribution in [3.63, 3.8) is 0 Å². The number of aromatic nitrogens is 4. The average Bonchev–Trinajstić information content (AvgIpc) is 3.11. The van der Waals surface area contributed by atoms with E-state index in [9.17, 15) is 28.2 Å². The van der Waals surface area contributed by atoms with Crippen molar-refractivity contribution in [1.29, 1.82) is 0 Å². The molecule has 0 unspecified atom stereocenters. The van der Waals surface area contributed by atoms with Gasteiger partial charge in [0.15, 0.2) is 11.4 Å². The average molecular weight is 826 g/mol. The summed E-state index contributed by atoms with van der Waals surface area (Å²) in [6.07, 6.45) is -5.58. The number of alkyl halides is 3. The van der Waals surface area contributed by atoms with Crippen LogP contribution in [-0.4, -0.2) is 93.5 Å². The van der Waals surface area contributed by atoms with Crippen LogP contribution in [-0.2, 0) is 17.3 Å². The first-order chi connectivity index (χ1) is 24.5. The van der Waals surface area contributed by atoms with Crippen LogP contribution in [0.15, 0.2) is 67.0 Å². The maximum atomic E-state index is 12.9. The minimum Gasteiger partial charge on any atom is -0.494 e. The fourth-order valence-corrected chi connectivity index (χ4v) is 5.53. The number of rotatable bonds is 15. The van der Waals surface area contributed by atoms with Crippen molar-refractivity contribution in [3.8, 4) is 23.1 Å². The number of aliphatic hydroxyl groups is 2. The third kappa shape index (κ3) is 10.8. The summed E-state index contributed by atoms with van der Waals surface area (Å²) in [6.45, 7) is 0.874. The van der Waals surface area contributed by atoms with Crippen LogP contribution in [0.1, 0.15) is 28.2 Å². The smallest absolute Gasteiger partial charge is 0.434 e. The summed E-state index contributed by atoms with van der Waals surface area (Å²) < 4.78 is 62.6. The Morgan fingerprint density at radius 3 is 2.51 bits per heavy atom. The Kier molecular flexibility index (Phi) is 13.2. The largest absolute Gasteiger partial charge is 0.494 e. The van der Waals surface area contributed by atoms with E-state index >= 15 is 0 Å². The highest BCUT2D eigenvalue weighted by Crippen LogP contribution is 2.30.